The number of thiophene rings is 1. The molecule has 0 radical (unpaired) electrons. The van der Waals surface area contributed by atoms with E-state index in [9.17, 15) is 4.79 Å². The molecule has 2 aromatic heterocycles. The average molecular weight is 376 g/mol. The van der Waals surface area contributed by atoms with Crippen molar-refractivity contribution in [1.82, 2.24) is 14.7 Å². The molecule has 0 bridgehead atoms. The van der Waals surface area contributed by atoms with Gasteiger partial charge in [0.2, 0.25) is 0 Å². The number of hydrogen-bond acceptors (Lipinski definition) is 3. The largest absolute Gasteiger partial charge is 0.337 e. The maximum absolute atomic E-state index is 12.5. The maximum atomic E-state index is 12.5. The Balaban J connectivity index is 1.71. The molecule has 0 aliphatic carbocycles. The minimum Gasteiger partial charge on any atom is -0.337 e. The quantitative estimate of drug-likeness (QED) is 0.691. The van der Waals surface area contributed by atoms with E-state index in [4.69, 9.17) is 0 Å². The van der Waals surface area contributed by atoms with Crippen LogP contribution in [-0.4, -0.2) is 27.6 Å². The van der Waals surface area contributed by atoms with Crippen LogP contribution in [0.15, 0.2) is 58.6 Å². The van der Waals surface area contributed by atoms with Gasteiger partial charge in [0, 0.05) is 29.9 Å². The smallest absolute Gasteiger partial charge is 0.253 e. The van der Waals surface area contributed by atoms with Crippen molar-refractivity contribution < 1.29 is 4.79 Å². The zero-order chi connectivity index (χ0) is 15.5. The topological polar surface area (TPSA) is 38.1 Å². The van der Waals surface area contributed by atoms with Crippen LogP contribution in [0.3, 0.4) is 0 Å². The highest BCUT2D eigenvalue weighted by atomic mass is 79.9. The Morgan fingerprint density at radius 1 is 1.27 bits per heavy atom. The van der Waals surface area contributed by atoms with E-state index < -0.39 is 0 Å². The predicted octanol–water partition coefficient (Wildman–Crippen LogP) is 3.97. The highest BCUT2D eigenvalue weighted by molar-refractivity contribution is 9.11. The van der Waals surface area contributed by atoms with Crippen molar-refractivity contribution in [3.8, 4) is 5.69 Å². The summed E-state index contributed by atoms with van der Waals surface area (Å²) in [7, 11) is 1.82. The summed E-state index contributed by atoms with van der Waals surface area (Å²) in [6.07, 6.45) is 3.60. The van der Waals surface area contributed by atoms with Crippen molar-refractivity contribution in [2.75, 3.05) is 7.05 Å². The van der Waals surface area contributed by atoms with Crippen LogP contribution >= 0.6 is 27.3 Å². The number of aromatic nitrogens is 2. The molecule has 0 unspecified atom stereocenters. The Bertz CT molecular complexity index is 765. The van der Waals surface area contributed by atoms with Gasteiger partial charge in [-0.15, -0.1) is 11.3 Å². The lowest BCUT2D eigenvalue weighted by Crippen LogP contribution is -2.25. The van der Waals surface area contributed by atoms with Crippen molar-refractivity contribution in [3.63, 3.8) is 0 Å². The third-order valence-electron chi connectivity index (χ3n) is 3.25. The zero-order valence-electron chi connectivity index (χ0n) is 11.9. The first kappa shape index (κ1) is 15.0. The van der Waals surface area contributed by atoms with Gasteiger partial charge in [0.25, 0.3) is 5.91 Å². The van der Waals surface area contributed by atoms with Crippen LogP contribution in [0.1, 0.15) is 15.2 Å². The van der Waals surface area contributed by atoms with Gasteiger partial charge in [0.1, 0.15) is 0 Å². The third kappa shape index (κ3) is 3.28. The number of hydrogen-bond donors (Lipinski definition) is 0. The van der Waals surface area contributed by atoms with Crippen LogP contribution in [0.5, 0.6) is 0 Å². The molecule has 0 fully saturated rings. The minimum atomic E-state index is 0.0107. The summed E-state index contributed by atoms with van der Waals surface area (Å²) in [5, 5.41) is 4.17. The van der Waals surface area contributed by atoms with E-state index in [2.05, 4.69) is 21.0 Å². The van der Waals surface area contributed by atoms with Crippen LogP contribution in [0.4, 0.5) is 0 Å². The van der Waals surface area contributed by atoms with Crippen LogP contribution < -0.4 is 0 Å². The molecule has 2 heterocycles. The van der Waals surface area contributed by atoms with E-state index in [0.717, 1.165) is 14.4 Å². The van der Waals surface area contributed by atoms with Gasteiger partial charge < -0.3 is 4.90 Å². The number of carbonyl (C=O) groups is 1. The molecule has 0 atom stereocenters. The molecule has 1 aromatic carbocycles. The van der Waals surface area contributed by atoms with E-state index in [-0.39, 0.29) is 5.91 Å². The van der Waals surface area contributed by atoms with Crippen LogP contribution in [-0.2, 0) is 6.54 Å². The summed E-state index contributed by atoms with van der Waals surface area (Å²) in [6.45, 7) is 0.607. The van der Waals surface area contributed by atoms with Crippen molar-refractivity contribution in [2.24, 2.45) is 0 Å². The normalized spacial score (nSPS) is 10.6. The van der Waals surface area contributed by atoms with Gasteiger partial charge >= 0.3 is 0 Å². The molecule has 6 heteroatoms. The molecular weight excluding hydrogens is 362 g/mol. The third-order valence-corrected chi connectivity index (χ3v) is 4.86. The van der Waals surface area contributed by atoms with Gasteiger partial charge in [-0.05, 0) is 58.4 Å². The van der Waals surface area contributed by atoms with Crippen molar-refractivity contribution >= 4 is 33.2 Å². The van der Waals surface area contributed by atoms with Crippen molar-refractivity contribution in [1.29, 1.82) is 0 Å². The lowest BCUT2D eigenvalue weighted by Gasteiger charge is -2.16. The SMILES string of the molecule is CN(Cc1ccc(Br)s1)C(=O)c1ccc(-n2cccn2)cc1. The summed E-state index contributed by atoms with van der Waals surface area (Å²) < 4.78 is 2.84. The number of rotatable bonds is 4. The number of benzene rings is 1. The number of halogens is 1. The number of amides is 1. The molecule has 4 nitrogen and oxygen atoms in total. The van der Waals surface area contributed by atoms with Gasteiger partial charge in [0.05, 0.1) is 16.0 Å². The molecular formula is C16H14BrN3OS. The molecule has 22 heavy (non-hydrogen) atoms. The monoisotopic (exact) mass is 375 g/mol. The Morgan fingerprint density at radius 3 is 2.64 bits per heavy atom. The van der Waals surface area contributed by atoms with E-state index in [0.29, 0.717) is 12.1 Å². The molecule has 0 saturated carbocycles. The lowest BCUT2D eigenvalue weighted by molar-refractivity contribution is 0.0786. The Labute approximate surface area is 141 Å². The summed E-state index contributed by atoms with van der Waals surface area (Å²) >= 11 is 5.08. The summed E-state index contributed by atoms with van der Waals surface area (Å²) in [6, 6.07) is 13.4. The highest BCUT2D eigenvalue weighted by Crippen LogP contribution is 2.23. The molecule has 1 amide bonds. The Morgan fingerprint density at radius 2 is 2.05 bits per heavy atom. The average Bonchev–Trinajstić information content (AvgIpc) is 3.18. The van der Waals surface area contributed by atoms with E-state index >= 15 is 0 Å². The molecule has 3 rings (SSSR count). The molecule has 0 aliphatic heterocycles. The van der Waals surface area contributed by atoms with Gasteiger partial charge in [-0.1, -0.05) is 0 Å². The molecule has 0 spiro atoms. The fraction of sp³-hybridized carbons (Fsp3) is 0.125. The van der Waals surface area contributed by atoms with Gasteiger partial charge in [0.15, 0.2) is 0 Å². The highest BCUT2D eigenvalue weighted by Gasteiger charge is 2.13. The minimum absolute atomic E-state index is 0.0107. The number of carbonyl (C=O) groups excluding carboxylic acids is 1. The summed E-state index contributed by atoms with van der Waals surface area (Å²) in [5.41, 5.74) is 1.61. The van der Waals surface area contributed by atoms with Gasteiger partial charge in [-0.2, -0.15) is 5.10 Å². The van der Waals surface area contributed by atoms with Crippen molar-refractivity contribution in [2.45, 2.75) is 6.54 Å². The molecule has 0 saturated heterocycles. The first-order valence-corrected chi connectivity index (χ1v) is 8.34. The predicted molar refractivity (Wildman–Crippen MR) is 91.4 cm³/mol. The zero-order valence-corrected chi connectivity index (χ0v) is 14.3. The summed E-state index contributed by atoms with van der Waals surface area (Å²) in [4.78, 5) is 15.3. The summed E-state index contributed by atoms with van der Waals surface area (Å²) in [5.74, 6) is 0.0107. The fourth-order valence-corrected chi connectivity index (χ4v) is 3.68. The Kier molecular flexibility index (Phi) is 4.40. The van der Waals surface area contributed by atoms with Crippen LogP contribution in [0, 0.1) is 0 Å². The second-order valence-electron chi connectivity index (χ2n) is 4.86. The molecule has 3 aromatic rings. The van der Waals surface area contributed by atoms with Crippen molar-refractivity contribution in [3.05, 3.63) is 69.1 Å². The molecule has 112 valence electrons. The van der Waals surface area contributed by atoms with E-state index in [1.165, 1.54) is 0 Å². The standard InChI is InChI=1S/C16H14BrN3OS/c1-19(11-14-7-8-15(17)22-14)16(21)12-3-5-13(6-4-12)20-10-2-9-18-20/h2-10H,11H2,1H3. The van der Waals surface area contributed by atoms with Gasteiger partial charge in [-0.3, -0.25) is 4.79 Å². The molecule has 0 aliphatic rings. The molecule has 0 N–H and O–H groups in total. The van der Waals surface area contributed by atoms with E-state index in [1.54, 1.807) is 27.1 Å². The fourth-order valence-electron chi connectivity index (χ4n) is 2.14. The Hall–Kier alpha value is -1.92. The lowest BCUT2D eigenvalue weighted by atomic mass is 10.2. The van der Waals surface area contributed by atoms with Crippen LogP contribution in [0.25, 0.3) is 5.69 Å². The number of nitrogens with zero attached hydrogens (tertiary/aromatic N) is 3. The van der Waals surface area contributed by atoms with E-state index in [1.807, 2.05) is 55.7 Å². The van der Waals surface area contributed by atoms with Crippen LogP contribution in [0.2, 0.25) is 0 Å². The second-order valence-corrected chi connectivity index (χ2v) is 7.41. The first-order valence-electron chi connectivity index (χ1n) is 6.73. The second kappa shape index (κ2) is 6.46. The van der Waals surface area contributed by atoms with Gasteiger partial charge in [-0.25, -0.2) is 4.68 Å². The first-order chi connectivity index (χ1) is 10.6. The maximum Gasteiger partial charge on any atom is 0.253 e.